The molecule has 0 aliphatic heterocycles. The first kappa shape index (κ1) is 11.4. The molecule has 0 aromatic carbocycles. The molecular weight excluding hydrogens is 154 g/mol. The topological polar surface area (TPSA) is 21.7 Å². The van der Waals surface area contributed by atoms with Gasteiger partial charge in [0.05, 0.1) is 13.2 Å². The fourth-order valence-electron chi connectivity index (χ4n) is 0.621. The summed E-state index contributed by atoms with van der Waals surface area (Å²) in [5, 5.41) is 0. The van der Waals surface area contributed by atoms with Crippen molar-refractivity contribution >= 4 is 0 Å². The molecule has 70 valence electrons. The van der Waals surface area contributed by atoms with Gasteiger partial charge in [-0.3, -0.25) is 4.90 Å². The smallest absolute Gasteiger partial charge is 0.101 e. The second-order valence-corrected chi connectivity index (χ2v) is 2.43. The van der Waals surface area contributed by atoms with Gasteiger partial charge >= 0.3 is 0 Å². The predicted octanol–water partition coefficient (Wildman–Crippen LogP) is 1.24. The van der Waals surface area contributed by atoms with Gasteiger partial charge in [0, 0.05) is 0 Å². The minimum atomic E-state index is 0.559. The van der Waals surface area contributed by atoms with Crippen molar-refractivity contribution in [2.75, 3.05) is 33.7 Å². The maximum atomic E-state index is 5.18. The quantitative estimate of drug-likeness (QED) is 0.311. The summed E-state index contributed by atoms with van der Waals surface area (Å²) in [5.41, 5.74) is 0. The van der Waals surface area contributed by atoms with E-state index in [1.165, 1.54) is 0 Å². The van der Waals surface area contributed by atoms with E-state index in [0.717, 1.165) is 0 Å². The molecule has 0 unspecified atom stereocenters. The van der Waals surface area contributed by atoms with Crippen LogP contribution in [0.25, 0.3) is 0 Å². The van der Waals surface area contributed by atoms with E-state index in [-0.39, 0.29) is 0 Å². The van der Waals surface area contributed by atoms with Crippen LogP contribution in [0.2, 0.25) is 0 Å². The van der Waals surface area contributed by atoms with E-state index in [9.17, 15) is 0 Å². The molecule has 3 heteroatoms. The molecule has 0 saturated heterocycles. The van der Waals surface area contributed by atoms with Crippen molar-refractivity contribution < 1.29 is 9.47 Å². The molecule has 0 aliphatic carbocycles. The van der Waals surface area contributed by atoms with Crippen molar-refractivity contribution in [3.63, 3.8) is 0 Å². The lowest BCUT2D eigenvalue weighted by Crippen LogP contribution is -2.24. The lowest BCUT2D eigenvalue weighted by atomic mass is 10.7. The highest BCUT2D eigenvalue weighted by atomic mass is 16.5. The summed E-state index contributed by atoms with van der Waals surface area (Å²) >= 11 is 0. The minimum Gasteiger partial charge on any atom is -0.362 e. The molecule has 0 atom stereocenters. The average Bonchev–Trinajstić information content (AvgIpc) is 2.06. The molecule has 0 rings (SSSR count). The second-order valence-electron chi connectivity index (χ2n) is 2.43. The molecule has 0 aliphatic rings. The normalized spacial score (nSPS) is 10.2. The van der Waals surface area contributed by atoms with Crippen molar-refractivity contribution in [1.29, 1.82) is 0 Å². The molecule has 0 saturated carbocycles. The largest absolute Gasteiger partial charge is 0.362 e. The third-order valence-corrected chi connectivity index (χ3v) is 1.09. The summed E-state index contributed by atoms with van der Waals surface area (Å²) < 4.78 is 10.4. The molecule has 0 N–H and O–H groups in total. The Labute approximate surface area is 74.3 Å². The maximum absolute atomic E-state index is 5.18. The SMILES string of the molecule is C=CCOCN(C)COCC=C. The Morgan fingerprint density at radius 2 is 1.50 bits per heavy atom. The first-order valence-corrected chi connectivity index (χ1v) is 3.87. The molecule has 3 nitrogen and oxygen atoms in total. The third-order valence-electron chi connectivity index (χ3n) is 1.09. The number of ether oxygens (including phenoxy) is 2. The van der Waals surface area contributed by atoms with Crippen LogP contribution in [0.15, 0.2) is 25.3 Å². The Bertz CT molecular complexity index is 112. The van der Waals surface area contributed by atoms with Crippen molar-refractivity contribution in [2.45, 2.75) is 0 Å². The third kappa shape index (κ3) is 7.47. The summed E-state index contributed by atoms with van der Waals surface area (Å²) in [5.74, 6) is 0. The molecule has 0 aromatic rings. The first-order chi connectivity index (χ1) is 5.81. The summed E-state index contributed by atoms with van der Waals surface area (Å²) in [6, 6.07) is 0. The Morgan fingerprint density at radius 1 is 1.08 bits per heavy atom. The number of rotatable bonds is 8. The predicted molar refractivity (Wildman–Crippen MR) is 49.8 cm³/mol. The monoisotopic (exact) mass is 171 g/mol. The van der Waals surface area contributed by atoms with E-state index in [1.54, 1.807) is 12.2 Å². The van der Waals surface area contributed by atoms with Crippen molar-refractivity contribution in [3.8, 4) is 0 Å². The highest BCUT2D eigenvalue weighted by Gasteiger charge is 1.94. The van der Waals surface area contributed by atoms with Gasteiger partial charge in [-0.1, -0.05) is 12.2 Å². The Kier molecular flexibility index (Phi) is 8.01. The highest BCUT2D eigenvalue weighted by Crippen LogP contribution is 1.85. The number of hydrogen-bond donors (Lipinski definition) is 0. The second kappa shape index (κ2) is 8.46. The van der Waals surface area contributed by atoms with Crippen LogP contribution in [0.4, 0.5) is 0 Å². The van der Waals surface area contributed by atoms with Crippen LogP contribution in [0.5, 0.6) is 0 Å². The summed E-state index contributed by atoms with van der Waals surface area (Å²) in [6.07, 6.45) is 3.44. The summed E-state index contributed by atoms with van der Waals surface area (Å²) in [7, 11) is 1.92. The van der Waals surface area contributed by atoms with Gasteiger partial charge in [-0.15, -0.1) is 13.2 Å². The first-order valence-electron chi connectivity index (χ1n) is 3.87. The van der Waals surface area contributed by atoms with Crippen LogP contribution in [0, 0.1) is 0 Å². The molecule has 0 bridgehead atoms. The average molecular weight is 171 g/mol. The Hall–Kier alpha value is -0.640. The summed E-state index contributed by atoms with van der Waals surface area (Å²) in [6.45, 7) is 9.36. The van der Waals surface area contributed by atoms with Crippen LogP contribution >= 0.6 is 0 Å². The van der Waals surface area contributed by atoms with Gasteiger partial charge in [0.2, 0.25) is 0 Å². The van der Waals surface area contributed by atoms with E-state index in [0.29, 0.717) is 26.7 Å². The van der Waals surface area contributed by atoms with Gasteiger partial charge in [-0.2, -0.15) is 0 Å². The Balaban J connectivity index is 3.14. The van der Waals surface area contributed by atoms with E-state index in [2.05, 4.69) is 13.2 Å². The van der Waals surface area contributed by atoms with E-state index in [1.807, 2.05) is 11.9 Å². The standard InChI is InChI=1S/C9H17NO2/c1-4-6-11-8-10(3)9-12-7-5-2/h4-5H,1-2,6-9H2,3H3. The van der Waals surface area contributed by atoms with Gasteiger partial charge in [0.15, 0.2) is 0 Å². The van der Waals surface area contributed by atoms with Gasteiger partial charge in [0.25, 0.3) is 0 Å². The minimum absolute atomic E-state index is 0.559. The van der Waals surface area contributed by atoms with Crippen LogP contribution in [0.3, 0.4) is 0 Å². The molecule has 0 radical (unpaired) electrons. The highest BCUT2D eigenvalue weighted by molar-refractivity contribution is 4.64. The van der Waals surface area contributed by atoms with Crippen molar-refractivity contribution in [3.05, 3.63) is 25.3 Å². The zero-order valence-corrected chi connectivity index (χ0v) is 7.66. The fraction of sp³-hybridized carbons (Fsp3) is 0.556. The van der Waals surface area contributed by atoms with E-state index < -0.39 is 0 Å². The molecule has 0 aromatic heterocycles. The molecule has 0 amide bonds. The lowest BCUT2D eigenvalue weighted by Gasteiger charge is -2.15. The van der Waals surface area contributed by atoms with Crippen LogP contribution < -0.4 is 0 Å². The van der Waals surface area contributed by atoms with Crippen molar-refractivity contribution in [1.82, 2.24) is 4.90 Å². The molecule has 0 spiro atoms. The van der Waals surface area contributed by atoms with Crippen molar-refractivity contribution in [2.24, 2.45) is 0 Å². The zero-order valence-electron chi connectivity index (χ0n) is 7.66. The lowest BCUT2D eigenvalue weighted by molar-refractivity contribution is -0.0162. The maximum Gasteiger partial charge on any atom is 0.101 e. The number of nitrogens with zero attached hydrogens (tertiary/aromatic N) is 1. The molecule has 12 heavy (non-hydrogen) atoms. The van der Waals surface area contributed by atoms with Gasteiger partial charge in [0.1, 0.15) is 13.5 Å². The molecular formula is C9H17NO2. The van der Waals surface area contributed by atoms with E-state index in [4.69, 9.17) is 9.47 Å². The fourth-order valence-corrected chi connectivity index (χ4v) is 0.621. The molecule has 0 heterocycles. The van der Waals surface area contributed by atoms with Crippen LogP contribution in [-0.4, -0.2) is 38.6 Å². The van der Waals surface area contributed by atoms with Crippen LogP contribution in [0.1, 0.15) is 0 Å². The Morgan fingerprint density at radius 3 is 1.83 bits per heavy atom. The van der Waals surface area contributed by atoms with Gasteiger partial charge < -0.3 is 9.47 Å². The van der Waals surface area contributed by atoms with Crippen LogP contribution in [-0.2, 0) is 9.47 Å². The van der Waals surface area contributed by atoms with E-state index >= 15 is 0 Å². The number of hydrogen-bond acceptors (Lipinski definition) is 3. The molecule has 0 fully saturated rings. The zero-order chi connectivity index (χ0) is 9.23. The van der Waals surface area contributed by atoms with Gasteiger partial charge in [-0.05, 0) is 7.05 Å². The summed E-state index contributed by atoms with van der Waals surface area (Å²) in [4.78, 5) is 1.92. The van der Waals surface area contributed by atoms with Gasteiger partial charge in [-0.25, -0.2) is 0 Å².